The number of hydrogen-bond donors (Lipinski definition) is 1. The molecule has 29 heavy (non-hydrogen) atoms. The predicted molar refractivity (Wildman–Crippen MR) is 115 cm³/mol. The Morgan fingerprint density at radius 1 is 1.21 bits per heavy atom. The van der Waals surface area contributed by atoms with Crippen LogP contribution in [0.5, 0.6) is 0 Å². The number of hydrogen-bond acceptors (Lipinski definition) is 6. The van der Waals surface area contributed by atoms with Gasteiger partial charge in [0.05, 0.1) is 11.9 Å². The molecule has 2 aliphatic heterocycles. The van der Waals surface area contributed by atoms with Crippen LogP contribution in [0.3, 0.4) is 0 Å². The van der Waals surface area contributed by atoms with E-state index in [-0.39, 0.29) is 17.4 Å². The van der Waals surface area contributed by atoms with Crippen LogP contribution in [0.4, 0.5) is 0 Å². The van der Waals surface area contributed by atoms with Gasteiger partial charge in [0.2, 0.25) is 10.0 Å². The van der Waals surface area contributed by atoms with Gasteiger partial charge < -0.3 is 4.98 Å². The monoisotopic (exact) mass is 436 g/mol. The Kier molecular flexibility index (Phi) is 6.19. The molecular formula is C20H28N4O3S2. The lowest BCUT2D eigenvalue weighted by Gasteiger charge is -2.32. The van der Waals surface area contributed by atoms with Crippen LogP contribution in [0.2, 0.25) is 0 Å². The molecule has 2 aliphatic rings. The number of rotatable bonds is 5. The van der Waals surface area contributed by atoms with Crippen molar-refractivity contribution in [3.63, 3.8) is 0 Å². The minimum absolute atomic E-state index is 0.0156. The van der Waals surface area contributed by atoms with Crippen LogP contribution in [-0.2, 0) is 16.6 Å². The third-order valence-corrected chi connectivity index (χ3v) is 8.01. The maximum absolute atomic E-state index is 12.3. The highest BCUT2D eigenvalue weighted by atomic mass is 32.2. The van der Waals surface area contributed by atoms with E-state index in [1.54, 1.807) is 17.4 Å². The van der Waals surface area contributed by atoms with Crippen LogP contribution in [0, 0.1) is 0 Å². The van der Waals surface area contributed by atoms with Crippen LogP contribution >= 0.6 is 11.3 Å². The molecule has 1 unspecified atom stereocenters. The molecule has 0 bridgehead atoms. The van der Waals surface area contributed by atoms with Gasteiger partial charge >= 0.3 is 0 Å². The Balaban J connectivity index is 1.44. The highest BCUT2D eigenvalue weighted by Gasteiger charge is 2.29. The van der Waals surface area contributed by atoms with Gasteiger partial charge in [0.25, 0.3) is 5.56 Å². The maximum atomic E-state index is 12.3. The molecule has 0 saturated carbocycles. The molecular weight excluding hydrogens is 408 g/mol. The molecule has 1 atom stereocenters. The molecule has 0 amide bonds. The second kappa shape index (κ2) is 8.67. The molecule has 4 heterocycles. The standard InChI is InChI=1S/C20H28N4O3S2/c1-29(26,27)24-7-2-3-17(13-24)18-11-19(25)22-20(21-18)16-4-8-23(9-5-16)12-15-6-10-28-14-15/h6,10-11,14,16-17H,2-5,7-9,12-13H2,1H3,(H,21,22,25). The van der Waals surface area contributed by atoms with Gasteiger partial charge in [0, 0.05) is 37.5 Å². The fraction of sp³-hybridized carbons (Fsp3) is 0.600. The number of sulfonamides is 1. The molecule has 1 N–H and O–H groups in total. The van der Waals surface area contributed by atoms with Crippen molar-refractivity contribution in [2.24, 2.45) is 0 Å². The summed E-state index contributed by atoms with van der Waals surface area (Å²) in [6.45, 7) is 3.91. The summed E-state index contributed by atoms with van der Waals surface area (Å²) in [6, 6.07) is 3.72. The fourth-order valence-corrected chi connectivity index (χ4v) is 5.96. The zero-order chi connectivity index (χ0) is 20.4. The Bertz CT molecular complexity index is 979. The van der Waals surface area contributed by atoms with Gasteiger partial charge in [-0.1, -0.05) is 0 Å². The SMILES string of the molecule is CS(=O)(=O)N1CCCC(c2cc(=O)[nH]c(C3CCN(Cc4ccsc4)CC3)n2)C1. The second-order valence-corrected chi connectivity index (χ2v) is 11.0. The van der Waals surface area contributed by atoms with Gasteiger partial charge in [-0.3, -0.25) is 9.69 Å². The Hall–Kier alpha value is -1.55. The summed E-state index contributed by atoms with van der Waals surface area (Å²) < 4.78 is 25.4. The quantitative estimate of drug-likeness (QED) is 0.778. The molecule has 4 rings (SSSR count). The summed E-state index contributed by atoms with van der Waals surface area (Å²) in [5.41, 5.74) is 1.95. The zero-order valence-electron chi connectivity index (χ0n) is 16.7. The lowest BCUT2D eigenvalue weighted by molar-refractivity contribution is 0.201. The van der Waals surface area contributed by atoms with E-state index >= 15 is 0 Å². The van der Waals surface area contributed by atoms with Crippen molar-refractivity contribution < 1.29 is 8.42 Å². The predicted octanol–water partition coefficient (Wildman–Crippen LogP) is 2.35. The topological polar surface area (TPSA) is 86.4 Å². The number of aromatic nitrogens is 2. The summed E-state index contributed by atoms with van der Waals surface area (Å²) in [7, 11) is -3.22. The molecule has 9 heteroatoms. The Morgan fingerprint density at radius 2 is 2.00 bits per heavy atom. The van der Waals surface area contributed by atoms with E-state index in [9.17, 15) is 13.2 Å². The van der Waals surface area contributed by atoms with E-state index in [1.807, 2.05) is 0 Å². The molecule has 158 valence electrons. The summed E-state index contributed by atoms with van der Waals surface area (Å²) in [5.74, 6) is 0.994. The van der Waals surface area contributed by atoms with Crippen LogP contribution in [0.1, 0.15) is 54.6 Å². The van der Waals surface area contributed by atoms with Gasteiger partial charge in [-0.25, -0.2) is 17.7 Å². The van der Waals surface area contributed by atoms with Gasteiger partial charge in [0.15, 0.2) is 0 Å². The summed E-state index contributed by atoms with van der Waals surface area (Å²) in [4.78, 5) is 22.5. The van der Waals surface area contributed by atoms with Crippen LogP contribution in [0.15, 0.2) is 27.7 Å². The molecule has 7 nitrogen and oxygen atoms in total. The largest absolute Gasteiger partial charge is 0.310 e. The van der Waals surface area contributed by atoms with Crippen LogP contribution < -0.4 is 5.56 Å². The Labute approximate surface area is 175 Å². The number of H-pyrrole nitrogens is 1. The van der Waals surface area contributed by atoms with E-state index in [2.05, 4.69) is 26.7 Å². The van der Waals surface area contributed by atoms with Crippen molar-refractivity contribution >= 4 is 21.4 Å². The number of thiophene rings is 1. The van der Waals surface area contributed by atoms with Crippen molar-refractivity contribution in [2.75, 3.05) is 32.4 Å². The third-order valence-electron chi connectivity index (χ3n) is 6.01. The molecule has 0 aliphatic carbocycles. The molecule has 0 spiro atoms. The van der Waals surface area contributed by atoms with Crippen LogP contribution in [0.25, 0.3) is 0 Å². The molecule has 2 aromatic rings. The van der Waals surface area contributed by atoms with Gasteiger partial charge in [-0.05, 0) is 61.2 Å². The van der Waals surface area contributed by atoms with E-state index in [4.69, 9.17) is 4.98 Å². The maximum Gasteiger partial charge on any atom is 0.251 e. The average Bonchev–Trinajstić information content (AvgIpc) is 3.21. The van der Waals surface area contributed by atoms with Crippen molar-refractivity contribution in [3.05, 3.63) is 50.3 Å². The highest BCUT2D eigenvalue weighted by molar-refractivity contribution is 7.88. The molecule has 0 aromatic carbocycles. The van der Waals surface area contributed by atoms with Gasteiger partial charge in [0.1, 0.15) is 5.82 Å². The summed E-state index contributed by atoms with van der Waals surface area (Å²) in [6.07, 6.45) is 4.84. The highest BCUT2D eigenvalue weighted by Crippen LogP contribution is 2.29. The van der Waals surface area contributed by atoms with Crippen LogP contribution in [-0.4, -0.2) is 60.0 Å². The minimum atomic E-state index is -3.22. The van der Waals surface area contributed by atoms with Crippen molar-refractivity contribution in [3.8, 4) is 0 Å². The number of likely N-dealkylation sites (tertiary alicyclic amines) is 1. The van der Waals surface area contributed by atoms with E-state index in [0.29, 0.717) is 13.1 Å². The number of nitrogens with zero attached hydrogens (tertiary/aromatic N) is 3. The third kappa shape index (κ3) is 5.14. The number of nitrogens with one attached hydrogen (secondary N) is 1. The summed E-state index contributed by atoms with van der Waals surface area (Å²) in [5, 5.41) is 4.30. The first-order valence-electron chi connectivity index (χ1n) is 10.2. The summed E-state index contributed by atoms with van der Waals surface area (Å²) >= 11 is 1.73. The molecule has 2 aromatic heterocycles. The van der Waals surface area contributed by atoms with E-state index < -0.39 is 10.0 Å². The molecule has 0 radical (unpaired) electrons. The lowest BCUT2D eigenvalue weighted by Crippen LogP contribution is -2.39. The van der Waals surface area contributed by atoms with Gasteiger partial charge in [-0.15, -0.1) is 0 Å². The smallest absolute Gasteiger partial charge is 0.251 e. The first kappa shape index (κ1) is 20.7. The number of piperidine rings is 2. The van der Waals surface area contributed by atoms with Crippen molar-refractivity contribution in [2.45, 2.75) is 44.1 Å². The lowest BCUT2D eigenvalue weighted by atomic mass is 9.93. The first-order valence-corrected chi connectivity index (χ1v) is 13.0. The Morgan fingerprint density at radius 3 is 2.69 bits per heavy atom. The normalized spacial score (nSPS) is 22.7. The van der Waals surface area contributed by atoms with Gasteiger partial charge in [-0.2, -0.15) is 11.3 Å². The minimum Gasteiger partial charge on any atom is -0.310 e. The second-order valence-electron chi connectivity index (χ2n) is 8.20. The molecule has 2 fully saturated rings. The first-order chi connectivity index (χ1) is 13.9. The van der Waals surface area contributed by atoms with Crippen molar-refractivity contribution in [1.82, 2.24) is 19.2 Å². The zero-order valence-corrected chi connectivity index (χ0v) is 18.3. The average molecular weight is 437 g/mol. The van der Waals surface area contributed by atoms with Crippen molar-refractivity contribution in [1.29, 1.82) is 0 Å². The fourth-order valence-electron chi connectivity index (χ4n) is 4.39. The number of aromatic amines is 1. The molecule has 2 saturated heterocycles. The van der Waals surface area contributed by atoms with E-state index in [1.165, 1.54) is 16.1 Å². The van der Waals surface area contributed by atoms with E-state index in [0.717, 1.165) is 56.8 Å².